The van der Waals surface area contributed by atoms with Crippen LogP contribution in [0.3, 0.4) is 0 Å². The molecule has 0 aliphatic carbocycles. The maximum Gasteiger partial charge on any atom is 0.0790 e. The van der Waals surface area contributed by atoms with E-state index in [-0.39, 0.29) is 0 Å². The van der Waals surface area contributed by atoms with Crippen molar-refractivity contribution in [2.45, 2.75) is 13.1 Å². The van der Waals surface area contributed by atoms with Gasteiger partial charge >= 0.3 is 0 Å². The minimum absolute atomic E-state index is 0.534. The van der Waals surface area contributed by atoms with E-state index >= 15 is 0 Å². The smallest absolute Gasteiger partial charge is 0.0790 e. The summed E-state index contributed by atoms with van der Waals surface area (Å²) in [4.78, 5) is 0. The zero-order chi connectivity index (χ0) is 24.4. The number of hydrogen-bond donors (Lipinski definition) is 3. The molecule has 5 N–H and O–H groups in total. The molecule has 3 nitrogen and oxygen atoms in total. The molecule has 0 amide bonds. The van der Waals surface area contributed by atoms with Crippen LogP contribution < -0.4 is 16.8 Å². The number of benzene rings is 5. The molecule has 0 radical (unpaired) electrons. The summed E-state index contributed by atoms with van der Waals surface area (Å²) >= 11 is 0. The third kappa shape index (κ3) is 4.24. The summed E-state index contributed by atoms with van der Waals surface area (Å²) < 4.78 is 0. The van der Waals surface area contributed by atoms with Crippen LogP contribution in [0.25, 0.3) is 33.2 Å². The first-order valence-electron chi connectivity index (χ1n) is 11.8. The number of nitrogens with one attached hydrogen (secondary N) is 1. The summed E-state index contributed by atoms with van der Waals surface area (Å²) in [5.41, 5.74) is 19.3. The molecule has 0 saturated heterocycles. The normalized spacial score (nSPS) is 11.5. The van der Waals surface area contributed by atoms with Crippen molar-refractivity contribution in [2.24, 2.45) is 11.5 Å². The van der Waals surface area contributed by atoms with E-state index in [1.807, 2.05) is 25.1 Å². The average Bonchev–Trinajstić information content (AvgIpc) is 2.88. The van der Waals surface area contributed by atoms with Crippen molar-refractivity contribution in [1.82, 2.24) is 0 Å². The lowest BCUT2D eigenvalue weighted by Gasteiger charge is -2.20. The standard InChI is InChI=1S/C32H29N3/c1-3-10-22-11-4-6-13-24(22)21(2)31-25-14-7-5-12-23(25)19-20-30(31)35-29-18-9-15-26-27(29)16-8-17-28(26)32(33)34/h3-20,32,35H,2,33-34H2,1H3/b10-3-. The summed E-state index contributed by atoms with van der Waals surface area (Å²) in [5, 5.41) is 8.17. The van der Waals surface area contributed by atoms with Crippen LogP contribution in [-0.2, 0) is 0 Å². The topological polar surface area (TPSA) is 64.1 Å². The largest absolute Gasteiger partial charge is 0.354 e. The number of anilines is 2. The first kappa shape index (κ1) is 22.6. The van der Waals surface area contributed by atoms with Gasteiger partial charge in [0, 0.05) is 22.3 Å². The highest BCUT2D eigenvalue weighted by Crippen LogP contribution is 2.39. The SMILES string of the molecule is C=C(c1ccccc1/C=C\C)c1c(Nc2cccc3c(C(N)N)cccc23)ccc2ccccc12. The Labute approximate surface area is 206 Å². The highest BCUT2D eigenvalue weighted by atomic mass is 14.9. The van der Waals surface area contributed by atoms with Gasteiger partial charge in [0.05, 0.1) is 6.17 Å². The molecule has 0 aromatic heterocycles. The highest BCUT2D eigenvalue weighted by Gasteiger charge is 2.16. The molecule has 0 aliphatic heterocycles. The van der Waals surface area contributed by atoms with Gasteiger partial charge in [-0.25, -0.2) is 0 Å². The average molecular weight is 456 g/mol. The molecular weight excluding hydrogens is 426 g/mol. The molecule has 0 fully saturated rings. The number of fused-ring (bicyclic) bond motifs is 2. The molecule has 5 aromatic rings. The van der Waals surface area contributed by atoms with E-state index in [0.29, 0.717) is 0 Å². The van der Waals surface area contributed by atoms with Crippen molar-refractivity contribution in [1.29, 1.82) is 0 Å². The van der Waals surface area contributed by atoms with Gasteiger partial charge in [0.15, 0.2) is 0 Å². The molecule has 0 spiro atoms. The van der Waals surface area contributed by atoms with Crippen LogP contribution in [0.15, 0.2) is 110 Å². The summed E-state index contributed by atoms with van der Waals surface area (Å²) in [7, 11) is 0. The number of hydrogen-bond acceptors (Lipinski definition) is 3. The van der Waals surface area contributed by atoms with E-state index in [1.165, 1.54) is 5.39 Å². The van der Waals surface area contributed by atoms with Gasteiger partial charge in [-0.05, 0) is 57.5 Å². The number of rotatable bonds is 6. The molecule has 0 bridgehead atoms. The van der Waals surface area contributed by atoms with Crippen LogP contribution in [0.1, 0.15) is 35.3 Å². The van der Waals surface area contributed by atoms with Crippen molar-refractivity contribution < 1.29 is 0 Å². The van der Waals surface area contributed by atoms with E-state index in [4.69, 9.17) is 11.5 Å². The van der Waals surface area contributed by atoms with Gasteiger partial charge in [0.25, 0.3) is 0 Å². The summed E-state index contributed by atoms with van der Waals surface area (Å²) in [6, 6.07) is 33.4. The zero-order valence-electron chi connectivity index (χ0n) is 19.8. The minimum Gasteiger partial charge on any atom is -0.354 e. The van der Waals surface area contributed by atoms with Crippen LogP contribution in [0.2, 0.25) is 0 Å². The molecule has 0 aliphatic rings. The summed E-state index contributed by atoms with van der Waals surface area (Å²) in [6.45, 7) is 6.62. The second kappa shape index (κ2) is 9.59. The Morgan fingerprint density at radius 3 is 2.29 bits per heavy atom. The van der Waals surface area contributed by atoms with Gasteiger partial charge in [-0.15, -0.1) is 0 Å². The Morgan fingerprint density at radius 2 is 1.46 bits per heavy atom. The zero-order valence-corrected chi connectivity index (χ0v) is 19.8. The first-order chi connectivity index (χ1) is 17.1. The van der Waals surface area contributed by atoms with Crippen molar-refractivity contribution in [3.63, 3.8) is 0 Å². The van der Waals surface area contributed by atoms with Gasteiger partial charge in [-0.3, -0.25) is 0 Å². The Balaban J connectivity index is 1.71. The molecule has 5 rings (SSSR count). The molecule has 0 saturated carbocycles. The first-order valence-corrected chi connectivity index (χ1v) is 11.8. The quantitative estimate of drug-likeness (QED) is 0.229. The van der Waals surface area contributed by atoms with Crippen molar-refractivity contribution in [2.75, 3.05) is 5.32 Å². The molecule has 5 aromatic carbocycles. The van der Waals surface area contributed by atoms with Crippen LogP contribution in [0.4, 0.5) is 11.4 Å². The van der Waals surface area contributed by atoms with E-state index in [0.717, 1.165) is 55.4 Å². The Bertz CT molecular complexity index is 1580. The lowest BCUT2D eigenvalue weighted by atomic mass is 9.90. The van der Waals surface area contributed by atoms with Crippen molar-refractivity contribution >= 4 is 44.6 Å². The van der Waals surface area contributed by atoms with Crippen molar-refractivity contribution in [3.8, 4) is 0 Å². The Kier molecular flexibility index (Phi) is 6.19. The Morgan fingerprint density at radius 1 is 0.743 bits per heavy atom. The molecule has 0 unspecified atom stereocenters. The van der Waals surface area contributed by atoms with E-state index in [9.17, 15) is 0 Å². The fraction of sp³-hybridized carbons (Fsp3) is 0.0625. The summed E-state index contributed by atoms with van der Waals surface area (Å²) in [5.74, 6) is 0. The third-order valence-electron chi connectivity index (χ3n) is 6.45. The van der Waals surface area contributed by atoms with Crippen LogP contribution in [-0.4, -0.2) is 0 Å². The van der Waals surface area contributed by atoms with Crippen LogP contribution in [0, 0.1) is 0 Å². The maximum absolute atomic E-state index is 6.05. The molecule has 3 heteroatoms. The fourth-order valence-corrected chi connectivity index (χ4v) is 4.81. The van der Waals surface area contributed by atoms with Gasteiger partial charge < -0.3 is 16.8 Å². The molecular formula is C32H29N3. The second-order valence-electron chi connectivity index (χ2n) is 8.67. The van der Waals surface area contributed by atoms with Gasteiger partial charge in [0.2, 0.25) is 0 Å². The van der Waals surface area contributed by atoms with E-state index in [2.05, 4.69) is 103 Å². The van der Waals surface area contributed by atoms with Crippen LogP contribution in [0.5, 0.6) is 0 Å². The highest BCUT2D eigenvalue weighted by molar-refractivity contribution is 6.05. The Hall–Kier alpha value is -4.18. The lowest BCUT2D eigenvalue weighted by Crippen LogP contribution is -2.20. The maximum atomic E-state index is 6.05. The van der Waals surface area contributed by atoms with E-state index < -0.39 is 6.17 Å². The molecule has 35 heavy (non-hydrogen) atoms. The van der Waals surface area contributed by atoms with Crippen molar-refractivity contribution in [3.05, 3.63) is 132 Å². The summed E-state index contributed by atoms with van der Waals surface area (Å²) in [6.07, 6.45) is 3.65. The number of allylic oxidation sites excluding steroid dienone is 1. The van der Waals surface area contributed by atoms with Gasteiger partial charge in [0.1, 0.15) is 0 Å². The molecule has 0 atom stereocenters. The second-order valence-corrected chi connectivity index (χ2v) is 8.67. The molecule has 172 valence electrons. The molecule has 0 heterocycles. The fourth-order valence-electron chi connectivity index (χ4n) is 4.81. The predicted molar refractivity (Wildman–Crippen MR) is 152 cm³/mol. The lowest BCUT2D eigenvalue weighted by molar-refractivity contribution is 0.781. The predicted octanol–water partition coefficient (Wildman–Crippen LogP) is 7.75. The monoisotopic (exact) mass is 455 g/mol. The number of nitrogens with two attached hydrogens (primary N) is 2. The minimum atomic E-state index is -0.534. The van der Waals surface area contributed by atoms with Gasteiger partial charge in [-0.1, -0.05) is 104 Å². The van der Waals surface area contributed by atoms with E-state index in [1.54, 1.807) is 0 Å². The van der Waals surface area contributed by atoms with Gasteiger partial charge in [-0.2, -0.15) is 0 Å². The van der Waals surface area contributed by atoms with Crippen LogP contribution >= 0.6 is 0 Å². The third-order valence-corrected chi connectivity index (χ3v) is 6.45.